The molecule has 0 amide bonds. The fourth-order valence-corrected chi connectivity index (χ4v) is 0.774. The fraction of sp³-hybridized carbons (Fsp3) is 0.273. The largest absolute Gasteiger partial charge is 0.286 e. The summed E-state index contributed by atoms with van der Waals surface area (Å²) in [5, 5.41) is 0. The first-order chi connectivity index (χ1) is 7.26. The van der Waals surface area contributed by atoms with Gasteiger partial charge in [-0.25, -0.2) is 4.99 Å². The van der Waals surface area contributed by atoms with Crippen LogP contribution in [0.2, 0.25) is 0 Å². The van der Waals surface area contributed by atoms with Crippen LogP contribution in [-0.4, -0.2) is 38.6 Å². The predicted molar refractivity (Wildman–Crippen MR) is 68.7 cm³/mol. The highest BCUT2D eigenvalue weighted by Gasteiger charge is 1.93. The van der Waals surface area contributed by atoms with Crippen molar-refractivity contribution in [3.05, 3.63) is 24.4 Å². The summed E-state index contributed by atoms with van der Waals surface area (Å²) < 4.78 is 0. The minimum atomic E-state index is 0.612. The molecule has 0 spiro atoms. The predicted octanol–water partition coefficient (Wildman–Crippen LogP) is 1.95. The Bertz CT molecular complexity index is 311. The van der Waals surface area contributed by atoms with Crippen molar-refractivity contribution in [3.63, 3.8) is 0 Å². The van der Waals surface area contributed by atoms with Gasteiger partial charge in [0, 0.05) is 13.3 Å². The maximum atomic E-state index is 3.95. The van der Waals surface area contributed by atoms with Crippen LogP contribution in [-0.2, 0) is 0 Å². The summed E-state index contributed by atoms with van der Waals surface area (Å²) in [5.74, 6) is 0. The molecule has 0 saturated heterocycles. The van der Waals surface area contributed by atoms with Crippen LogP contribution < -0.4 is 0 Å². The molecule has 80 valence electrons. The van der Waals surface area contributed by atoms with Crippen LogP contribution in [0.25, 0.3) is 0 Å². The van der Waals surface area contributed by atoms with E-state index in [1.807, 2.05) is 19.1 Å². The standard InChI is InChI=1S/C8H12N2.C3H4N2/c1-5-6-8(10-4)7(2)9-3;1-2-5-3-4-1/h5-6H,2-3H2,1,4H3;1,3H,2H2/b6-5-,10-8?;. The van der Waals surface area contributed by atoms with Gasteiger partial charge in [0.15, 0.2) is 0 Å². The van der Waals surface area contributed by atoms with Gasteiger partial charge in [-0.3, -0.25) is 15.0 Å². The molecule has 1 heterocycles. The quantitative estimate of drug-likeness (QED) is 0.631. The van der Waals surface area contributed by atoms with Gasteiger partial charge in [-0.1, -0.05) is 12.7 Å². The molecule has 0 radical (unpaired) electrons. The lowest BCUT2D eigenvalue weighted by Crippen LogP contribution is -1.93. The summed E-state index contributed by atoms with van der Waals surface area (Å²) in [6.07, 6.45) is 7.05. The summed E-state index contributed by atoms with van der Waals surface area (Å²) >= 11 is 0. The first-order valence-corrected chi connectivity index (χ1v) is 4.51. The first kappa shape index (κ1) is 13.2. The molecule has 0 unspecified atom stereocenters. The average molecular weight is 204 g/mol. The lowest BCUT2D eigenvalue weighted by atomic mass is 10.3. The second-order valence-electron chi connectivity index (χ2n) is 2.53. The third-order valence-electron chi connectivity index (χ3n) is 1.49. The maximum Gasteiger partial charge on any atom is 0.109 e. The highest BCUT2D eigenvalue weighted by molar-refractivity contribution is 6.07. The molecule has 0 saturated carbocycles. The molecule has 0 N–H and O–H groups in total. The summed E-state index contributed by atoms with van der Waals surface area (Å²) in [5.41, 5.74) is 1.39. The smallest absolute Gasteiger partial charge is 0.109 e. The van der Waals surface area contributed by atoms with Crippen molar-refractivity contribution in [1.29, 1.82) is 0 Å². The monoisotopic (exact) mass is 204 g/mol. The normalized spacial score (nSPS) is 13.9. The lowest BCUT2D eigenvalue weighted by Gasteiger charge is -1.95. The van der Waals surface area contributed by atoms with Gasteiger partial charge in [-0.05, 0) is 19.7 Å². The van der Waals surface area contributed by atoms with Crippen molar-refractivity contribution < 1.29 is 0 Å². The Balaban J connectivity index is 0.000000322. The van der Waals surface area contributed by atoms with Gasteiger partial charge in [-0.2, -0.15) is 0 Å². The van der Waals surface area contributed by atoms with E-state index in [1.54, 1.807) is 19.6 Å². The fourth-order valence-electron chi connectivity index (χ4n) is 0.774. The zero-order valence-electron chi connectivity index (χ0n) is 9.22. The zero-order valence-corrected chi connectivity index (χ0v) is 9.22. The number of rotatable bonds is 3. The van der Waals surface area contributed by atoms with Gasteiger partial charge in [0.05, 0.1) is 18.0 Å². The number of nitrogens with zero attached hydrogens (tertiary/aromatic N) is 4. The number of hydrogen-bond donors (Lipinski definition) is 0. The van der Waals surface area contributed by atoms with Crippen LogP contribution in [0.3, 0.4) is 0 Å². The van der Waals surface area contributed by atoms with Crippen LogP contribution in [0, 0.1) is 0 Å². The average Bonchev–Trinajstić information content (AvgIpc) is 2.83. The third-order valence-corrected chi connectivity index (χ3v) is 1.49. The molecular weight excluding hydrogens is 188 g/mol. The lowest BCUT2D eigenvalue weighted by molar-refractivity contribution is 1.38. The molecule has 0 aromatic carbocycles. The van der Waals surface area contributed by atoms with E-state index in [2.05, 4.69) is 33.3 Å². The third kappa shape index (κ3) is 6.26. The summed E-state index contributed by atoms with van der Waals surface area (Å²) in [7, 11) is 1.70. The highest BCUT2D eigenvalue weighted by atomic mass is 14.9. The van der Waals surface area contributed by atoms with E-state index in [0.717, 1.165) is 12.3 Å². The first-order valence-electron chi connectivity index (χ1n) is 4.51. The highest BCUT2D eigenvalue weighted by Crippen LogP contribution is 1.96. The number of aliphatic imine (C=N–C) groups is 4. The molecule has 0 atom stereocenters. The van der Waals surface area contributed by atoms with Gasteiger partial charge >= 0.3 is 0 Å². The van der Waals surface area contributed by atoms with Gasteiger partial charge in [0.2, 0.25) is 0 Å². The maximum absolute atomic E-state index is 3.95. The Morgan fingerprint density at radius 2 is 2.27 bits per heavy atom. The van der Waals surface area contributed by atoms with Crippen LogP contribution in [0.15, 0.2) is 44.4 Å². The van der Waals surface area contributed by atoms with E-state index >= 15 is 0 Å². The van der Waals surface area contributed by atoms with Gasteiger partial charge in [-0.15, -0.1) is 0 Å². The minimum Gasteiger partial charge on any atom is -0.286 e. The van der Waals surface area contributed by atoms with Crippen LogP contribution >= 0.6 is 0 Å². The minimum absolute atomic E-state index is 0.612. The number of allylic oxidation sites excluding steroid dienone is 2. The van der Waals surface area contributed by atoms with Crippen molar-refractivity contribution in [2.45, 2.75) is 6.92 Å². The molecule has 0 aliphatic carbocycles. The zero-order chi connectivity index (χ0) is 11.5. The molecular formula is C11H16N4. The van der Waals surface area contributed by atoms with Crippen LogP contribution in [0.4, 0.5) is 0 Å². The van der Waals surface area contributed by atoms with Crippen molar-refractivity contribution in [1.82, 2.24) is 0 Å². The molecule has 0 aromatic rings. The molecule has 0 aromatic heterocycles. The van der Waals surface area contributed by atoms with Crippen molar-refractivity contribution >= 4 is 25.0 Å². The van der Waals surface area contributed by atoms with Crippen molar-refractivity contribution in [2.75, 3.05) is 13.6 Å². The van der Waals surface area contributed by atoms with E-state index in [-0.39, 0.29) is 0 Å². The molecule has 15 heavy (non-hydrogen) atoms. The topological polar surface area (TPSA) is 49.4 Å². The van der Waals surface area contributed by atoms with E-state index in [1.165, 1.54) is 0 Å². The second kappa shape index (κ2) is 8.74. The molecule has 0 bridgehead atoms. The Morgan fingerprint density at radius 3 is 2.53 bits per heavy atom. The van der Waals surface area contributed by atoms with Gasteiger partial charge in [0.25, 0.3) is 0 Å². The van der Waals surface area contributed by atoms with E-state index < -0.39 is 0 Å². The van der Waals surface area contributed by atoms with Gasteiger partial charge in [0.1, 0.15) is 6.34 Å². The van der Waals surface area contributed by atoms with E-state index in [9.17, 15) is 0 Å². The molecule has 4 nitrogen and oxygen atoms in total. The molecule has 1 rings (SSSR count). The van der Waals surface area contributed by atoms with Crippen LogP contribution in [0.1, 0.15) is 6.92 Å². The Labute approximate surface area is 90.6 Å². The Kier molecular flexibility index (Phi) is 7.67. The molecule has 4 heteroatoms. The summed E-state index contributed by atoms with van der Waals surface area (Å²) in [6, 6.07) is 0. The van der Waals surface area contributed by atoms with Gasteiger partial charge < -0.3 is 0 Å². The number of hydrogen-bond acceptors (Lipinski definition) is 4. The summed E-state index contributed by atoms with van der Waals surface area (Å²) in [6.45, 7) is 9.70. The second-order valence-corrected chi connectivity index (χ2v) is 2.53. The Hall–Kier alpha value is -1.84. The molecule has 0 fully saturated rings. The SMILES string of the molecule is C1=NC=NC1.C=NC(=C)C(/C=C\C)=NC. The van der Waals surface area contributed by atoms with Crippen LogP contribution in [0.5, 0.6) is 0 Å². The summed E-state index contributed by atoms with van der Waals surface area (Å²) in [4.78, 5) is 15.0. The molecule has 1 aliphatic rings. The van der Waals surface area contributed by atoms with Crippen molar-refractivity contribution in [3.8, 4) is 0 Å². The van der Waals surface area contributed by atoms with E-state index in [4.69, 9.17) is 0 Å². The molecule has 1 aliphatic heterocycles. The Morgan fingerprint density at radius 1 is 1.53 bits per heavy atom. The van der Waals surface area contributed by atoms with E-state index in [0.29, 0.717) is 5.70 Å². The van der Waals surface area contributed by atoms with Crippen molar-refractivity contribution in [2.24, 2.45) is 20.0 Å².